The summed E-state index contributed by atoms with van der Waals surface area (Å²) in [4.78, 5) is 4.84. The minimum atomic E-state index is 0.683. The van der Waals surface area contributed by atoms with Crippen molar-refractivity contribution in [2.45, 2.75) is 13.1 Å². The molecule has 0 spiro atoms. The van der Waals surface area contributed by atoms with Gasteiger partial charge in [-0.2, -0.15) is 0 Å². The van der Waals surface area contributed by atoms with Gasteiger partial charge in [-0.25, -0.2) is 0 Å². The van der Waals surface area contributed by atoms with E-state index in [-0.39, 0.29) is 0 Å². The van der Waals surface area contributed by atoms with E-state index in [1.807, 2.05) is 0 Å². The predicted octanol–water partition coefficient (Wildman–Crippen LogP) is 1.91. The molecule has 0 unspecified atom stereocenters. The van der Waals surface area contributed by atoms with Crippen LogP contribution in [0.3, 0.4) is 0 Å². The Hall–Kier alpha value is -1.72. The Morgan fingerprint density at radius 3 is 1.25 bits per heavy atom. The molecular formula is C20H30N4. The lowest BCUT2D eigenvalue weighted by Crippen LogP contribution is -2.38. The van der Waals surface area contributed by atoms with Crippen molar-refractivity contribution < 1.29 is 0 Å². The van der Waals surface area contributed by atoms with Gasteiger partial charge < -0.3 is 11.5 Å². The second-order valence-corrected chi connectivity index (χ2v) is 6.10. The average molecular weight is 326 g/mol. The van der Waals surface area contributed by atoms with Gasteiger partial charge in [-0.15, -0.1) is 0 Å². The Bertz CT molecular complexity index is 493. The molecule has 2 aromatic carbocycles. The van der Waals surface area contributed by atoms with Gasteiger partial charge in [0.15, 0.2) is 0 Å². The molecule has 0 bridgehead atoms. The molecule has 0 aromatic heterocycles. The standard InChI is InChI=1S/C20H30N4/c21-11-13-23(17-19-7-3-1-4-8-19)15-16-24(14-12-22)18-20-9-5-2-6-10-20/h1-10H,11-18,21-22H2. The summed E-state index contributed by atoms with van der Waals surface area (Å²) in [5.41, 5.74) is 14.3. The number of hydrogen-bond acceptors (Lipinski definition) is 4. The molecule has 2 aromatic rings. The van der Waals surface area contributed by atoms with Gasteiger partial charge in [0.2, 0.25) is 0 Å². The Morgan fingerprint density at radius 2 is 0.917 bits per heavy atom. The fourth-order valence-electron chi connectivity index (χ4n) is 2.87. The zero-order valence-electron chi connectivity index (χ0n) is 14.5. The first-order chi connectivity index (χ1) is 11.8. The van der Waals surface area contributed by atoms with Crippen LogP contribution in [-0.2, 0) is 13.1 Å². The molecule has 0 atom stereocenters. The van der Waals surface area contributed by atoms with Crippen LogP contribution >= 0.6 is 0 Å². The summed E-state index contributed by atoms with van der Waals surface area (Å²) in [6, 6.07) is 21.2. The second-order valence-electron chi connectivity index (χ2n) is 6.10. The number of nitrogens with two attached hydrogens (primary N) is 2. The topological polar surface area (TPSA) is 58.5 Å². The van der Waals surface area contributed by atoms with Crippen molar-refractivity contribution in [2.75, 3.05) is 39.3 Å². The first-order valence-electron chi connectivity index (χ1n) is 8.74. The fourth-order valence-corrected chi connectivity index (χ4v) is 2.87. The van der Waals surface area contributed by atoms with E-state index < -0.39 is 0 Å². The summed E-state index contributed by atoms with van der Waals surface area (Å²) < 4.78 is 0. The molecule has 0 heterocycles. The first kappa shape index (κ1) is 18.6. The van der Waals surface area contributed by atoms with Crippen molar-refractivity contribution in [3.05, 3.63) is 71.8 Å². The third kappa shape index (κ3) is 6.81. The lowest BCUT2D eigenvalue weighted by Gasteiger charge is -2.27. The van der Waals surface area contributed by atoms with E-state index in [0.717, 1.165) is 39.3 Å². The Morgan fingerprint density at radius 1 is 0.542 bits per heavy atom. The predicted molar refractivity (Wildman–Crippen MR) is 102 cm³/mol. The van der Waals surface area contributed by atoms with Crippen LogP contribution in [0.5, 0.6) is 0 Å². The molecule has 2 rings (SSSR count). The maximum Gasteiger partial charge on any atom is 0.0234 e. The lowest BCUT2D eigenvalue weighted by atomic mass is 10.2. The molecule has 0 saturated heterocycles. The largest absolute Gasteiger partial charge is 0.329 e. The summed E-state index contributed by atoms with van der Waals surface area (Å²) in [5, 5.41) is 0. The average Bonchev–Trinajstić information content (AvgIpc) is 2.62. The van der Waals surface area contributed by atoms with Crippen LogP contribution in [0.4, 0.5) is 0 Å². The van der Waals surface area contributed by atoms with E-state index in [0.29, 0.717) is 13.1 Å². The van der Waals surface area contributed by atoms with E-state index in [9.17, 15) is 0 Å². The molecule has 4 nitrogen and oxygen atoms in total. The molecule has 4 N–H and O–H groups in total. The summed E-state index contributed by atoms with van der Waals surface area (Å²) in [5.74, 6) is 0. The van der Waals surface area contributed by atoms with E-state index in [2.05, 4.69) is 70.5 Å². The highest BCUT2D eigenvalue weighted by atomic mass is 15.2. The molecule has 0 fully saturated rings. The van der Waals surface area contributed by atoms with Gasteiger partial charge in [0.1, 0.15) is 0 Å². The fraction of sp³-hybridized carbons (Fsp3) is 0.400. The summed E-state index contributed by atoms with van der Waals surface area (Å²) in [7, 11) is 0. The summed E-state index contributed by atoms with van der Waals surface area (Å²) >= 11 is 0. The van der Waals surface area contributed by atoms with Gasteiger partial charge >= 0.3 is 0 Å². The highest BCUT2D eigenvalue weighted by molar-refractivity contribution is 5.15. The van der Waals surface area contributed by atoms with Crippen molar-refractivity contribution in [3.63, 3.8) is 0 Å². The molecule has 0 aliphatic heterocycles. The minimum Gasteiger partial charge on any atom is -0.329 e. The minimum absolute atomic E-state index is 0.683. The number of benzene rings is 2. The Balaban J connectivity index is 1.89. The number of rotatable bonds is 11. The quantitative estimate of drug-likeness (QED) is 0.662. The van der Waals surface area contributed by atoms with Crippen LogP contribution in [0.2, 0.25) is 0 Å². The van der Waals surface area contributed by atoms with Crippen LogP contribution in [0.25, 0.3) is 0 Å². The molecule has 0 saturated carbocycles. The van der Waals surface area contributed by atoms with E-state index in [1.54, 1.807) is 0 Å². The monoisotopic (exact) mass is 326 g/mol. The molecule has 0 radical (unpaired) electrons. The maximum atomic E-state index is 5.80. The van der Waals surface area contributed by atoms with Crippen molar-refractivity contribution in [2.24, 2.45) is 11.5 Å². The zero-order valence-corrected chi connectivity index (χ0v) is 14.5. The van der Waals surface area contributed by atoms with Gasteiger partial charge in [-0.05, 0) is 11.1 Å². The third-order valence-corrected chi connectivity index (χ3v) is 4.12. The third-order valence-electron chi connectivity index (χ3n) is 4.12. The van der Waals surface area contributed by atoms with E-state index in [1.165, 1.54) is 11.1 Å². The molecule has 0 aliphatic rings. The normalized spacial score (nSPS) is 11.3. The van der Waals surface area contributed by atoms with Gasteiger partial charge in [0.05, 0.1) is 0 Å². The van der Waals surface area contributed by atoms with Crippen LogP contribution in [0.15, 0.2) is 60.7 Å². The highest BCUT2D eigenvalue weighted by Crippen LogP contribution is 2.07. The molecular weight excluding hydrogens is 296 g/mol. The summed E-state index contributed by atoms with van der Waals surface area (Å²) in [6.45, 7) is 7.08. The van der Waals surface area contributed by atoms with Crippen LogP contribution in [0.1, 0.15) is 11.1 Å². The van der Waals surface area contributed by atoms with Crippen molar-refractivity contribution in [1.82, 2.24) is 9.80 Å². The Kier molecular flexibility index (Phi) is 8.49. The van der Waals surface area contributed by atoms with Crippen LogP contribution in [-0.4, -0.2) is 49.1 Å². The second kappa shape index (κ2) is 10.9. The maximum absolute atomic E-state index is 5.80. The molecule has 130 valence electrons. The van der Waals surface area contributed by atoms with Crippen molar-refractivity contribution >= 4 is 0 Å². The Labute approximate surface area is 146 Å². The SMILES string of the molecule is NCCN(CCN(CCN)Cc1ccccc1)Cc1ccccc1. The van der Waals surface area contributed by atoms with E-state index >= 15 is 0 Å². The van der Waals surface area contributed by atoms with Crippen molar-refractivity contribution in [3.8, 4) is 0 Å². The lowest BCUT2D eigenvalue weighted by molar-refractivity contribution is 0.199. The first-order valence-corrected chi connectivity index (χ1v) is 8.74. The molecule has 4 heteroatoms. The van der Waals surface area contributed by atoms with Gasteiger partial charge in [0, 0.05) is 52.4 Å². The number of nitrogens with zero attached hydrogens (tertiary/aromatic N) is 2. The molecule has 0 aliphatic carbocycles. The molecule has 0 amide bonds. The van der Waals surface area contributed by atoms with Crippen LogP contribution < -0.4 is 11.5 Å². The van der Waals surface area contributed by atoms with Crippen LogP contribution in [0, 0.1) is 0 Å². The number of hydrogen-bond donors (Lipinski definition) is 2. The van der Waals surface area contributed by atoms with Gasteiger partial charge in [0.25, 0.3) is 0 Å². The summed E-state index contributed by atoms with van der Waals surface area (Å²) in [6.07, 6.45) is 0. The van der Waals surface area contributed by atoms with Gasteiger partial charge in [-0.3, -0.25) is 9.80 Å². The zero-order chi connectivity index (χ0) is 17.0. The van der Waals surface area contributed by atoms with E-state index in [4.69, 9.17) is 11.5 Å². The van der Waals surface area contributed by atoms with Crippen molar-refractivity contribution in [1.29, 1.82) is 0 Å². The van der Waals surface area contributed by atoms with Gasteiger partial charge in [-0.1, -0.05) is 60.7 Å². The smallest absolute Gasteiger partial charge is 0.0234 e. The highest BCUT2D eigenvalue weighted by Gasteiger charge is 2.10. The molecule has 24 heavy (non-hydrogen) atoms.